The van der Waals surface area contributed by atoms with Gasteiger partial charge in [-0.15, -0.1) is 6.58 Å². The number of ketones is 1. The molecule has 0 aliphatic rings. The second-order valence-electron chi connectivity index (χ2n) is 4.92. The molecular weight excluding hydrogens is 315 g/mol. The summed E-state index contributed by atoms with van der Waals surface area (Å²) in [6, 6.07) is 18.5. The van der Waals surface area contributed by atoms with Crippen molar-refractivity contribution in [2.45, 2.75) is 11.8 Å². The quantitative estimate of drug-likeness (QED) is 0.490. The highest BCUT2D eigenvalue weighted by atomic mass is 35.5. The molecule has 0 aliphatic carbocycles. The first-order chi connectivity index (χ1) is 10.7. The van der Waals surface area contributed by atoms with Crippen molar-refractivity contribution in [1.29, 1.82) is 0 Å². The molecule has 0 amide bonds. The Morgan fingerprint density at radius 1 is 1.05 bits per heavy atom. The van der Waals surface area contributed by atoms with Crippen LogP contribution in [0.25, 0.3) is 0 Å². The average molecular weight is 331 g/mol. The Labute approximate surface area is 140 Å². The maximum Gasteiger partial charge on any atom is 0.179 e. The normalized spacial score (nSPS) is 14.2. The number of allylic oxidation sites excluding steroid dienone is 2. The highest BCUT2D eigenvalue weighted by Crippen LogP contribution is 2.41. The zero-order chi connectivity index (χ0) is 16.0. The smallest absolute Gasteiger partial charge is 0.179 e. The second kappa shape index (κ2) is 7.44. The predicted octanol–water partition coefficient (Wildman–Crippen LogP) is 5.70. The minimum atomic E-state index is -1.05. The summed E-state index contributed by atoms with van der Waals surface area (Å²) in [6.45, 7) is 3.78. The van der Waals surface area contributed by atoms with Gasteiger partial charge in [0.2, 0.25) is 0 Å². The van der Waals surface area contributed by atoms with Gasteiger partial charge in [-0.25, -0.2) is 0 Å². The second-order valence-corrected chi connectivity index (χ2v) is 5.54. The Bertz CT molecular complexity index is 677. The van der Waals surface area contributed by atoms with Crippen LogP contribution < -0.4 is 0 Å². The van der Waals surface area contributed by atoms with E-state index in [9.17, 15) is 4.79 Å². The molecule has 3 heteroatoms. The van der Waals surface area contributed by atoms with E-state index >= 15 is 0 Å². The molecule has 0 saturated heterocycles. The lowest BCUT2D eigenvalue weighted by Crippen LogP contribution is -2.36. The van der Waals surface area contributed by atoms with E-state index in [4.69, 9.17) is 23.2 Å². The Hall–Kier alpha value is -1.83. The van der Waals surface area contributed by atoms with Gasteiger partial charge in [0, 0.05) is 16.1 Å². The van der Waals surface area contributed by atoms with E-state index in [2.05, 4.69) is 6.58 Å². The van der Waals surface area contributed by atoms with Gasteiger partial charge in [-0.2, -0.15) is 0 Å². The first-order valence-corrected chi connectivity index (χ1v) is 7.71. The van der Waals surface area contributed by atoms with Crippen LogP contribution in [0.3, 0.4) is 0 Å². The molecule has 2 aromatic carbocycles. The molecule has 0 saturated carbocycles. The number of hydrogen-bond donors (Lipinski definition) is 0. The molecule has 0 fully saturated rings. The van der Waals surface area contributed by atoms with Crippen molar-refractivity contribution in [2.24, 2.45) is 0 Å². The van der Waals surface area contributed by atoms with E-state index in [-0.39, 0.29) is 10.8 Å². The molecular formula is C19H16Cl2O. The molecule has 0 spiro atoms. The lowest BCUT2D eigenvalue weighted by molar-refractivity contribution is 0.0915. The number of rotatable bonds is 6. The molecule has 0 radical (unpaired) electrons. The maximum absolute atomic E-state index is 13.2. The molecule has 0 aromatic heterocycles. The topological polar surface area (TPSA) is 17.1 Å². The van der Waals surface area contributed by atoms with Crippen LogP contribution in [0.5, 0.6) is 0 Å². The maximum atomic E-state index is 13.2. The molecule has 0 bridgehead atoms. The highest BCUT2D eigenvalue weighted by Gasteiger charge is 2.42. The van der Waals surface area contributed by atoms with Crippen molar-refractivity contribution in [1.82, 2.24) is 0 Å². The van der Waals surface area contributed by atoms with Gasteiger partial charge in [-0.05, 0) is 12.0 Å². The fourth-order valence-corrected chi connectivity index (χ4v) is 3.01. The van der Waals surface area contributed by atoms with Crippen LogP contribution in [0.1, 0.15) is 22.3 Å². The minimum Gasteiger partial charge on any atom is -0.293 e. The van der Waals surface area contributed by atoms with Crippen LogP contribution >= 0.6 is 23.2 Å². The van der Waals surface area contributed by atoms with Gasteiger partial charge >= 0.3 is 0 Å². The molecule has 0 heterocycles. The molecule has 1 nitrogen and oxygen atoms in total. The van der Waals surface area contributed by atoms with E-state index in [0.717, 1.165) is 5.56 Å². The van der Waals surface area contributed by atoms with Crippen molar-refractivity contribution >= 4 is 29.0 Å². The lowest BCUT2D eigenvalue weighted by Gasteiger charge is -2.31. The number of carbonyl (C=O) groups is 1. The largest absolute Gasteiger partial charge is 0.293 e. The third-order valence-electron chi connectivity index (χ3n) is 3.64. The summed E-state index contributed by atoms with van der Waals surface area (Å²) in [5.41, 5.74) is 1.60. The van der Waals surface area contributed by atoms with E-state index < -0.39 is 5.41 Å². The van der Waals surface area contributed by atoms with E-state index in [0.29, 0.717) is 12.0 Å². The Kier molecular flexibility index (Phi) is 5.59. The van der Waals surface area contributed by atoms with Crippen molar-refractivity contribution in [3.05, 3.63) is 95.0 Å². The first kappa shape index (κ1) is 16.5. The minimum absolute atomic E-state index is 0.0962. The number of Topliss-reactive ketones (excluding diaryl/α,β-unsaturated/α-hetero) is 1. The van der Waals surface area contributed by atoms with Crippen LogP contribution in [0.2, 0.25) is 0 Å². The van der Waals surface area contributed by atoms with Crippen molar-refractivity contribution < 1.29 is 4.79 Å². The Balaban J connectivity index is 2.69. The Morgan fingerprint density at radius 2 is 1.59 bits per heavy atom. The summed E-state index contributed by atoms with van der Waals surface area (Å²) >= 11 is 12.3. The van der Waals surface area contributed by atoms with E-state index in [1.807, 2.05) is 48.5 Å². The molecule has 0 N–H and O–H groups in total. The first-order valence-electron chi connectivity index (χ1n) is 6.89. The zero-order valence-corrected chi connectivity index (χ0v) is 13.5. The standard InChI is InChI=1S/C19H16Cl2O/c1-2-13-19(17(21)14-20,16-11-7-4-8-12-16)18(22)15-9-5-3-6-10-15/h2-12,14H,1,13H2/b17-14-. The summed E-state index contributed by atoms with van der Waals surface area (Å²) in [6.07, 6.45) is 2.06. The number of carbonyl (C=O) groups excluding carboxylic acids is 1. The van der Waals surface area contributed by atoms with Crippen molar-refractivity contribution in [2.75, 3.05) is 0 Å². The molecule has 112 valence electrons. The van der Waals surface area contributed by atoms with Crippen LogP contribution in [0.4, 0.5) is 0 Å². The fourth-order valence-electron chi connectivity index (χ4n) is 2.55. The van der Waals surface area contributed by atoms with Crippen molar-refractivity contribution in [3.63, 3.8) is 0 Å². The molecule has 2 rings (SSSR count). The van der Waals surface area contributed by atoms with Crippen LogP contribution in [-0.2, 0) is 5.41 Å². The van der Waals surface area contributed by atoms with Crippen LogP contribution in [0, 0.1) is 0 Å². The summed E-state index contributed by atoms with van der Waals surface area (Å²) in [4.78, 5) is 13.2. The van der Waals surface area contributed by atoms with Crippen molar-refractivity contribution in [3.8, 4) is 0 Å². The van der Waals surface area contributed by atoms with Crippen LogP contribution in [-0.4, -0.2) is 5.78 Å². The molecule has 22 heavy (non-hydrogen) atoms. The molecule has 2 aromatic rings. The van der Waals surface area contributed by atoms with Gasteiger partial charge in [0.1, 0.15) is 0 Å². The number of benzene rings is 2. The van der Waals surface area contributed by atoms with Gasteiger partial charge in [-0.3, -0.25) is 4.79 Å². The Morgan fingerprint density at radius 3 is 2.09 bits per heavy atom. The monoisotopic (exact) mass is 330 g/mol. The summed E-state index contributed by atoms with van der Waals surface area (Å²) in [5, 5.41) is 0.286. The predicted molar refractivity (Wildman–Crippen MR) is 93.5 cm³/mol. The summed E-state index contributed by atoms with van der Waals surface area (Å²) < 4.78 is 0. The third-order valence-corrected chi connectivity index (χ3v) is 4.41. The fraction of sp³-hybridized carbons (Fsp3) is 0.105. The van der Waals surface area contributed by atoms with E-state index in [1.54, 1.807) is 18.2 Å². The third kappa shape index (κ3) is 3.01. The molecule has 1 atom stereocenters. The van der Waals surface area contributed by atoms with E-state index in [1.165, 1.54) is 5.54 Å². The molecule has 1 unspecified atom stereocenters. The molecule has 0 aliphatic heterocycles. The average Bonchev–Trinajstić information content (AvgIpc) is 2.60. The van der Waals surface area contributed by atoms with Gasteiger partial charge in [0.25, 0.3) is 0 Å². The SMILES string of the molecule is C=CCC(C(=O)c1ccccc1)(/C(Cl)=C/Cl)c1ccccc1. The number of halogens is 2. The van der Waals surface area contributed by atoms with Gasteiger partial charge in [0.05, 0.1) is 5.41 Å². The van der Waals surface area contributed by atoms with Crippen LogP contribution in [0.15, 0.2) is 83.9 Å². The summed E-state index contributed by atoms with van der Waals surface area (Å²) in [7, 11) is 0. The van der Waals surface area contributed by atoms with Gasteiger partial charge in [0.15, 0.2) is 5.78 Å². The van der Waals surface area contributed by atoms with Gasteiger partial charge < -0.3 is 0 Å². The number of hydrogen-bond acceptors (Lipinski definition) is 1. The zero-order valence-electron chi connectivity index (χ0n) is 12.0. The van der Waals surface area contributed by atoms with Gasteiger partial charge in [-0.1, -0.05) is 89.9 Å². The highest BCUT2D eigenvalue weighted by molar-refractivity contribution is 6.39. The summed E-state index contributed by atoms with van der Waals surface area (Å²) in [5.74, 6) is -0.0962. The lowest BCUT2D eigenvalue weighted by atomic mass is 9.72.